The Bertz CT molecular complexity index is 373. The molecule has 0 nitrogen and oxygen atoms in total. The minimum atomic E-state index is 1.11. The first-order chi connectivity index (χ1) is 7.22. The lowest BCUT2D eigenvalue weighted by Gasteiger charge is -2.01. The molecule has 0 aliphatic heterocycles. The van der Waals surface area contributed by atoms with Crippen LogP contribution in [0, 0.1) is 0 Å². The normalized spacial score (nSPS) is 12.7. The third-order valence-corrected chi connectivity index (χ3v) is 2.83. The van der Waals surface area contributed by atoms with Crippen molar-refractivity contribution in [3.8, 4) is 0 Å². The van der Waals surface area contributed by atoms with E-state index in [2.05, 4.69) is 40.7 Å². The summed E-state index contributed by atoms with van der Waals surface area (Å²) in [5.74, 6) is 0. The van der Waals surface area contributed by atoms with Gasteiger partial charge in [0.15, 0.2) is 0 Å². The Morgan fingerprint density at radius 2 is 2.00 bits per heavy atom. The fraction of sp³-hybridized carbons (Fsp3) is 0.0769. The predicted molar refractivity (Wildman–Crippen MR) is 73.3 cm³/mol. The number of benzene rings is 1. The number of halogens is 1. The van der Waals surface area contributed by atoms with E-state index in [1.54, 1.807) is 17.8 Å². The van der Waals surface area contributed by atoms with Gasteiger partial charge in [-0.3, -0.25) is 0 Å². The van der Waals surface area contributed by atoms with Crippen molar-refractivity contribution in [3.05, 3.63) is 64.5 Å². The summed E-state index contributed by atoms with van der Waals surface area (Å²) in [5, 5.41) is 0. The van der Waals surface area contributed by atoms with Crippen molar-refractivity contribution in [3.63, 3.8) is 0 Å². The van der Waals surface area contributed by atoms with Crippen LogP contribution in [0.25, 0.3) is 0 Å². The van der Waals surface area contributed by atoms with Crippen molar-refractivity contribution < 1.29 is 0 Å². The summed E-state index contributed by atoms with van der Waals surface area (Å²) in [5.41, 5.74) is 0. The van der Waals surface area contributed by atoms with Crippen LogP contribution in [0.15, 0.2) is 69.4 Å². The Balaban J connectivity index is 2.81. The second-order valence-electron chi connectivity index (χ2n) is 2.95. The van der Waals surface area contributed by atoms with E-state index in [-0.39, 0.29) is 0 Å². The fourth-order valence-corrected chi connectivity index (χ4v) is 2.41. The molecule has 0 atom stereocenters. The number of allylic oxidation sites excluding steroid dienone is 4. The highest BCUT2D eigenvalue weighted by Crippen LogP contribution is 2.28. The second kappa shape index (κ2) is 6.70. The van der Waals surface area contributed by atoms with Gasteiger partial charge in [-0.15, -0.1) is 0 Å². The highest BCUT2D eigenvalue weighted by atomic mass is 79.9. The van der Waals surface area contributed by atoms with Crippen LogP contribution in [0.3, 0.4) is 0 Å². The van der Waals surface area contributed by atoms with Gasteiger partial charge in [0.1, 0.15) is 0 Å². The Morgan fingerprint density at radius 1 is 1.33 bits per heavy atom. The molecule has 0 aliphatic rings. The first kappa shape index (κ1) is 12.3. The van der Waals surface area contributed by atoms with Crippen LogP contribution in [0.4, 0.5) is 0 Å². The molecule has 0 radical (unpaired) electrons. The Hall–Kier alpha value is -0.730. The summed E-state index contributed by atoms with van der Waals surface area (Å²) in [6.07, 6.45) is 5.89. The molecule has 1 aromatic rings. The minimum Gasteiger partial charge on any atom is -0.0990 e. The van der Waals surface area contributed by atoms with Gasteiger partial charge in [0.25, 0.3) is 0 Å². The van der Waals surface area contributed by atoms with E-state index in [1.807, 2.05) is 31.2 Å². The summed E-state index contributed by atoms with van der Waals surface area (Å²) >= 11 is 5.16. The molecule has 0 unspecified atom stereocenters. The molecule has 15 heavy (non-hydrogen) atoms. The molecule has 1 aromatic carbocycles. The third kappa shape index (κ3) is 5.05. The van der Waals surface area contributed by atoms with E-state index in [0.29, 0.717) is 0 Å². The van der Waals surface area contributed by atoms with Crippen molar-refractivity contribution in [2.24, 2.45) is 0 Å². The molecule has 0 spiro atoms. The molecule has 0 heterocycles. The van der Waals surface area contributed by atoms with Gasteiger partial charge in [-0.1, -0.05) is 58.5 Å². The molecular formula is C13H13BrS. The van der Waals surface area contributed by atoms with Crippen LogP contribution < -0.4 is 0 Å². The molecule has 0 amide bonds. The highest BCUT2D eigenvalue weighted by molar-refractivity contribution is 9.11. The summed E-state index contributed by atoms with van der Waals surface area (Å²) in [7, 11) is 0. The lowest BCUT2D eigenvalue weighted by atomic mass is 10.4. The largest absolute Gasteiger partial charge is 0.0990 e. The molecule has 0 saturated heterocycles. The number of hydrogen-bond acceptors (Lipinski definition) is 1. The van der Waals surface area contributed by atoms with Gasteiger partial charge < -0.3 is 0 Å². The first-order valence-corrected chi connectivity index (χ1v) is 6.23. The maximum absolute atomic E-state index is 3.72. The topological polar surface area (TPSA) is 0 Å². The zero-order chi connectivity index (χ0) is 11.1. The monoisotopic (exact) mass is 280 g/mol. The Morgan fingerprint density at radius 3 is 2.53 bits per heavy atom. The van der Waals surface area contributed by atoms with Crippen LogP contribution in [-0.4, -0.2) is 0 Å². The standard InChI is InChI=1S/C13H13BrS/c1-3-7-13(10-11(2)14)15-12-8-5-4-6-9-12/h3-10H,1H2,2H3/b11-10+,13-7+. The van der Waals surface area contributed by atoms with Gasteiger partial charge in [0.2, 0.25) is 0 Å². The minimum absolute atomic E-state index is 1.11. The zero-order valence-corrected chi connectivity index (χ0v) is 11.0. The van der Waals surface area contributed by atoms with Gasteiger partial charge in [-0.25, -0.2) is 0 Å². The second-order valence-corrected chi connectivity index (χ2v) is 5.35. The van der Waals surface area contributed by atoms with Gasteiger partial charge in [-0.2, -0.15) is 0 Å². The maximum atomic E-state index is 3.72. The van der Waals surface area contributed by atoms with Gasteiger partial charge in [0, 0.05) is 9.80 Å². The average Bonchev–Trinajstić information content (AvgIpc) is 2.18. The van der Waals surface area contributed by atoms with E-state index in [4.69, 9.17) is 0 Å². The first-order valence-electron chi connectivity index (χ1n) is 4.62. The van der Waals surface area contributed by atoms with Crippen molar-refractivity contribution in [1.82, 2.24) is 0 Å². The lowest BCUT2D eigenvalue weighted by Crippen LogP contribution is -1.73. The Labute approximate surface area is 104 Å². The van der Waals surface area contributed by atoms with Gasteiger partial charge in [-0.05, 0) is 35.7 Å². The number of thioether (sulfide) groups is 1. The fourth-order valence-electron chi connectivity index (χ4n) is 1.05. The molecule has 0 saturated carbocycles. The van der Waals surface area contributed by atoms with Crippen LogP contribution in [-0.2, 0) is 0 Å². The van der Waals surface area contributed by atoms with E-state index in [1.165, 1.54) is 9.80 Å². The van der Waals surface area contributed by atoms with E-state index in [9.17, 15) is 0 Å². The highest BCUT2D eigenvalue weighted by Gasteiger charge is 1.96. The molecule has 78 valence electrons. The third-order valence-electron chi connectivity index (χ3n) is 1.60. The van der Waals surface area contributed by atoms with Gasteiger partial charge in [0.05, 0.1) is 0 Å². The van der Waals surface area contributed by atoms with Crippen molar-refractivity contribution in [2.75, 3.05) is 0 Å². The molecule has 2 heteroatoms. The van der Waals surface area contributed by atoms with E-state index >= 15 is 0 Å². The van der Waals surface area contributed by atoms with Crippen LogP contribution in [0.2, 0.25) is 0 Å². The van der Waals surface area contributed by atoms with E-state index < -0.39 is 0 Å². The number of hydrogen-bond donors (Lipinski definition) is 0. The maximum Gasteiger partial charge on any atom is 0.0129 e. The molecule has 0 aliphatic carbocycles. The van der Waals surface area contributed by atoms with Crippen molar-refractivity contribution >= 4 is 27.7 Å². The van der Waals surface area contributed by atoms with E-state index in [0.717, 1.165) is 4.48 Å². The lowest BCUT2D eigenvalue weighted by molar-refractivity contribution is 1.47. The van der Waals surface area contributed by atoms with Crippen molar-refractivity contribution in [2.45, 2.75) is 11.8 Å². The smallest absolute Gasteiger partial charge is 0.0129 e. The van der Waals surface area contributed by atoms with Crippen LogP contribution in [0.5, 0.6) is 0 Å². The molecule has 1 rings (SSSR count). The summed E-state index contributed by atoms with van der Waals surface area (Å²) in [4.78, 5) is 2.40. The van der Waals surface area contributed by atoms with Gasteiger partial charge >= 0.3 is 0 Å². The molecule has 0 aromatic heterocycles. The number of rotatable bonds is 4. The Kier molecular flexibility index (Phi) is 5.51. The SMILES string of the molecule is C=C/C=C(\C=C(/C)Br)Sc1ccccc1. The summed E-state index contributed by atoms with van der Waals surface area (Å²) < 4.78 is 1.11. The summed E-state index contributed by atoms with van der Waals surface area (Å²) in [6.45, 7) is 5.73. The molecular weight excluding hydrogens is 268 g/mol. The molecule has 0 fully saturated rings. The average molecular weight is 281 g/mol. The molecule has 0 bridgehead atoms. The molecule has 0 N–H and O–H groups in total. The zero-order valence-electron chi connectivity index (χ0n) is 8.61. The predicted octanol–water partition coefficient (Wildman–Crippen LogP) is 5.15. The quantitative estimate of drug-likeness (QED) is 0.543. The van der Waals surface area contributed by atoms with Crippen LogP contribution >= 0.6 is 27.7 Å². The van der Waals surface area contributed by atoms with Crippen molar-refractivity contribution in [1.29, 1.82) is 0 Å². The summed E-state index contributed by atoms with van der Waals surface area (Å²) in [6, 6.07) is 10.3. The van der Waals surface area contributed by atoms with Crippen LogP contribution in [0.1, 0.15) is 6.92 Å².